The normalized spacial score (nSPS) is 26.3. The highest BCUT2D eigenvalue weighted by molar-refractivity contribution is 5.37. The maximum Gasteiger partial charge on any atom is 0.231 e. The molecule has 1 aliphatic carbocycles. The lowest BCUT2D eigenvalue weighted by atomic mass is 9.71. The highest BCUT2D eigenvalue weighted by atomic mass is 16.5. The third kappa shape index (κ3) is 3.01. The molecule has 0 amide bonds. The maximum atomic E-state index is 9.03. The second kappa shape index (κ2) is 4.97. The van der Waals surface area contributed by atoms with E-state index in [9.17, 15) is 0 Å². The molecule has 0 bridgehead atoms. The first-order valence-corrected chi connectivity index (χ1v) is 6.52. The van der Waals surface area contributed by atoms with E-state index in [-0.39, 0.29) is 6.10 Å². The lowest BCUT2D eigenvalue weighted by Crippen LogP contribution is -2.34. The lowest BCUT2D eigenvalue weighted by Gasteiger charge is -2.38. The van der Waals surface area contributed by atoms with E-state index in [2.05, 4.69) is 31.8 Å². The summed E-state index contributed by atoms with van der Waals surface area (Å²) in [4.78, 5) is 4.17. The van der Waals surface area contributed by atoms with Crippen LogP contribution in [0.1, 0.15) is 45.6 Å². The van der Waals surface area contributed by atoms with Crippen molar-refractivity contribution in [2.45, 2.75) is 46.1 Å². The summed E-state index contributed by atoms with van der Waals surface area (Å²) in [5.41, 5.74) is 0.831. The molecular formula is C15H20N2O. The number of nitriles is 1. The molecule has 3 nitrogen and oxygen atoms in total. The molecule has 1 heterocycles. The minimum atomic E-state index is 0.172. The Labute approximate surface area is 109 Å². The van der Waals surface area contributed by atoms with Crippen LogP contribution in [0, 0.1) is 22.7 Å². The molecule has 1 aliphatic rings. The summed E-state index contributed by atoms with van der Waals surface area (Å²) in [5, 5.41) is 9.03. The van der Waals surface area contributed by atoms with E-state index in [0.717, 1.165) is 12.8 Å². The van der Waals surface area contributed by atoms with Crippen LogP contribution in [-0.2, 0) is 0 Å². The molecule has 0 N–H and O–H groups in total. The van der Waals surface area contributed by atoms with Gasteiger partial charge in [-0.3, -0.25) is 0 Å². The van der Waals surface area contributed by atoms with Crippen molar-refractivity contribution in [2.75, 3.05) is 0 Å². The zero-order valence-electron chi connectivity index (χ0n) is 11.3. The van der Waals surface area contributed by atoms with E-state index < -0.39 is 0 Å². The standard InChI is InChI=1S/C15H20N2O/c1-11-7-13(9-15(2,3)8-11)18-14-12(10-16)5-4-6-17-14/h4-6,11,13H,7-9H2,1-3H3. The molecule has 2 atom stereocenters. The van der Waals surface area contributed by atoms with E-state index in [0.29, 0.717) is 22.8 Å². The summed E-state index contributed by atoms with van der Waals surface area (Å²) in [6, 6.07) is 5.64. The van der Waals surface area contributed by atoms with Gasteiger partial charge in [-0.2, -0.15) is 5.26 Å². The van der Waals surface area contributed by atoms with Crippen LogP contribution in [0.2, 0.25) is 0 Å². The summed E-state index contributed by atoms with van der Waals surface area (Å²) in [6.07, 6.45) is 5.16. The molecule has 0 aliphatic heterocycles. The largest absolute Gasteiger partial charge is 0.473 e. The van der Waals surface area contributed by atoms with Gasteiger partial charge in [-0.1, -0.05) is 20.8 Å². The fraction of sp³-hybridized carbons (Fsp3) is 0.600. The van der Waals surface area contributed by atoms with E-state index >= 15 is 0 Å². The predicted octanol–water partition coefficient (Wildman–Crippen LogP) is 3.55. The SMILES string of the molecule is CC1CC(Oc2ncccc2C#N)CC(C)(C)C1. The van der Waals surface area contributed by atoms with Gasteiger partial charge in [-0.05, 0) is 42.7 Å². The van der Waals surface area contributed by atoms with Crippen molar-refractivity contribution < 1.29 is 4.74 Å². The van der Waals surface area contributed by atoms with Gasteiger partial charge in [-0.25, -0.2) is 4.98 Å². The smallest absolute Gasteiger partial charge is 0.231 e. The number of hydrogen-bond donors (Lipinski definition) is 0. The van der Waals surface area contributed by atoms with Gasteiger partial charge in [0, 0.05) is 6.20 Å². The molecule has 2 unspecified atom stereocenters. The topological polar surface area (TPSA) is 45.9 Å². The Morgan fingerprint density at radius 3 is 2.89 bits per heavy atom. The van der Waals surface area contributed by atoms with Gasteiger partial charge in [0.15, 0.2) is 0 Å². The molecule has 1 saturated carbocycles. The van der Waals surface area contributed by atoms with Gasteiger partial charge < -0.3 is 4.74 Å². The number of aromatic nitrogens is 1. The number of nitrogens with zero attached hydrogens (tertiary/aromatic N) is 2. The van der Waals surface area contributed by atoms with E-state index in [4.69, 9.17) is 10.00 Å². The van der Waals surface area contributed by atoms with Crippen LogP contribution in [0.5, 0.6) is 5.88 Å². The molecule has 0 aromatic carbocycles. The Morgan fingerprint density at radius 2 is 2.22 bits per heavy atom. The van der Waals surface area contributed by atoms with Gasteiger partial charge >= 0.3 is 0 Å². The summed E-state index contributed by atoms with van der Waals surface area (Å²) in [7, 11) is 0. The van der Waals surface area contributed by atoms with Crippen molar-refractivity contribution in [3.63, 3.8) is 0 Å². The third-order valence-electron chi connectivity index (χ3n) is 3.52. The van der Waals surface area contributed by atoms with E-state index in [1.54, 1.807) is 18.3 Å². The summed E-state index contributed by atoms with van der Waals surface area (Å²) < 4.78 is 5.95. The minimum Gasteiger partial charge on any atom is -0.473 e. The van der Waals surface area contributed by atoms with Crippen molar-refractivity contribution in [3.05, 3.63) is 23.9 Å². The summed E-state index contributed by atoms with van der Waals surface area (Å²) in [5.74, 6) is 1.14. The average Bonchev–Trinajstić information content (AvgIpc) is 2.27. The second-order valence-corrected chi connectivity index (χ2v) is 6.12. The van der Waals surface area contributed by atoms with Crippen molar-refractivity contribution in [1.82, 2.24) is 4.98 Å². The van der Waals surface area contributed by atoms with E-state index in [1.807, 2.05) is 0 Å². The van der Waals surface area contributed by atoms with E-state index in [1.165, 1.54) is 6.42 Å². The van der Waals surface area contributed by atoms with Crippen molar-refractivity contribution in [1.29, 1.82) is 5.26 Å². The Morgan fingerprint density at radius 1 is 1.44 bits per heavy atom. The molecule has 18 heavy (non-hydrogen) atoms. The molecular weight excluding hydrogens is 224 g/mol. The Balaban J connectivity index is 2.12. The van der Waals surface area contributed by atoms with Crippen LogP contribution in [0.3, 0.4) is 0 Å². The first kappa shape index (κ1) is 12.9. The van der Waals surface area contributed by atoms with Crippen LogP contribution >= 0.6 is 0 Å². The van der Waals surface area contributed by atoms with Crippen molar-refractivity contribution in [2.24, 2.45) is 11.3 Å². The molecule has 3 heteroatoms. The number of hydrogen-bond acceptors (Lipinski definition) is 3. The van der Waals surface area contributed by atoms with Crippen molar-refractivity contribution >= 4 is 0 Å². The van der Waals surface area contributed by atoms with Gasteiger partial charge in [0.25, 0.3) is 0 Å². The third-order valence-corrected chi connectivity index (χ3v) is 3.52. The first-order valence-electron chi connectivity index (χ1n) is 6.52. The van der Waals surface area contributed by atoms with Crippen molar-refractivity contribution in [3.8, 4) is 11.9 Å². The van der Waals surface area contributed by atoms with Gasteiger partial charge in [0.1, 0.15) is 17.7 Å². The Kier molecular flexibility index (Phi) is 3.56. The molecule has 96 valence electrons. The zero-order chi connectivity index (χ0) is 13.2. The highest BCUT2D eigenvalue weighted by Gasteiger charge is 2.33. The van der Waals surface area contributed by atoms with Gasteiger partial charge in [0.2, 0.25) is 5.88 Å². The monoisotopic (exact) mass is 244 g/mol. The molecule has 0 saturated heterocycles. The van der Waals surface area contributed by atoms with Crippen LogP contribution < -0.4 is 4.74 Å². The summed E-state index contributed by atoms with van der Waals surface area (Å²) in [6.45, 7) is 6.83. The number of rotatable bonds is 2. The Bertz CT molecular complexity index is 462. The maximum absolute atomic E-state index is 9.03. The molecule has 2 rings (SSSR count). The number of pyridine rings is 1. The van der Waals surface area contributed by atoms with Crippen LogP contribution in [0.25, 0.3) is 0 Å². The first-order chi connectivity index (χ1) is 8.50. The zero-order valence-corrected chi connectivity index (χ0v) is 11.3. The van der Waals surface area contributed by atoms with Gasteiger partial charge in [-0.15, -0.1) is 0 Å². The van der Waals surface area contributed by atoms with Crippen LogP contribution in [0.15, 0.2) is 18.3 Å². The van der Waals surface area contributed by atoms with Crippen LogP contribution in [0.4, 0.5) is 0 Å². The predicted molar refractivity (Wildman–Crippen MR) is 70.2 cm³/mol. The molecule has 1 aromatic heterocycles. The molecule has 0 radical (unpaired) electrons. The quantitative estimate of drug-likeness (QED) is 0.799. The fourth-order valence-electron chi connectivity index (χ4n) is 3.08. The van der Waals surface area contributed by atoms with Gasteiger partial charge in [0.05, 0.1) is 0 Å². The fourth-order valence-corrected chi connectivity index (χ4v) is 3.08. The van der Waals surface area contributed by atoms with Crippen LogP contribution in [-0.4, -0.2) is 11.1 Å². The molecule has 0 spiro atoms. The highest BCUT2D eigenvalue weighted by Crippen LogP contribution is 2.39. The number of ether oxygens (including phenoxy) is 1. The minimum absolute atomic E-state index is 0.172. The molecule has 1 fully saturated rings. The lowest BCUT2D eigenvalue weighted by molar-refractivity contribution is 0.0530. The Hall–Kier alpha value is -1.56. The molecule has 1 aromatic rings. The second-order valence-electron chi connectivity index (χ2n) is 6.12. The average molecular weight is 244 g/mol. The summed E-state index contributed by atoms with van der Waals surface area (Å²) >= 11 is 0.